The van der Waals surface area contributed by atoms with Crippen molar-refractivity contribution in [1.82, 2.24) is 0 Å². The van der Waals surface area contributed by atoms with Crippen LogP contribution in [0.1, 0.15) is 58.3 Å². The first kappa shape index (κ1) is 21.6. The Morgan fingerprint density at radius 2 is 1.74 bits per heavy atom. The molecule has 0 amide bonds. The molecule has 0 saturated carbocycles. The fourth-order valence-electron chi connectivity index (χ4n) is 2.19. The van der Waals surface area contributed by atoms with Crippen molar-refractivity contribution in [2.24, 2.45) is 0 Å². The number of unbranched alkanes of at least 4 members (excludes halogenated alkanes) is 5. The van der Waals surface area contributed by atoms with E-state index < -0.39 is 39.6 Å². The fraction of sp³-hybridized carbons (Fsp3) is 0.733. The van der Waals surface area contributed by atoms with Gasteiger partial charge >= 0.3 is 11.9 Å². The highest BCUT2D eigenvalue weighted by atomic mass is 32.2. The molecule has 0 bridgehead atoms. The monoisotopic (exact) mass is 350 g/mol. The molecule has 1 unspecified atom stereocenters. The van der Waals surface area contributed by atoms with Crippen molar-refractivity contribution < 1.29 is 32.4 Å². The van der Waals surface area contributed by atoms with Crippen LogP contribution >= 0.6 is 0 Å². The van der Waals surface area contributed by atoms with Crippen molar-refractivity contribution >= 4 is 22.1 Å². The SMILES string of the molecule is C=CCC(CC(=O)O)(C(=O)OCCCCCCCC)S(=O)(=O)O. The van der Waals surface area contributed by atoms with Gasteiger partial charge in [0.2, 0.25) is 4.75 Å². The minimum atomic E-state index is -4.96. The maximum absolute atomic E-state index is 12.1. The van der Waals surface area contributed by atoms with E-state index in [-0.39, 0.29) is 6.61 Å². The normalized spacial score (nSPS) is 14.0. The van der Waals surface area contributed by atoms with Gasteiger partial charge in [-0.15, -0.1) is 6.58 Å². The van der Waals surface area contributed by atoms with Crippen LogP contribution in [0.5, 0.6) is 0 Å². The number of rotatable bonds is 13. The van der Waals surface area contributed by atoms with Gasteiger partial charge < -0.3 is 9.84 Å². The molecule has 0 aliphatic carbocycles. The molecule has 0 aliphatic heterocycles. The summed E-state index contributed by atoms with van der Waals surface area (Å²) in [5.41, 5.74) is 0. The van der Waals surface area contributed by atoms with E-state index in [1.54, 1.807) is 0 Å². The molecule has 0 heterocycles. The predicted molar refractivity (Wildman–Crippen MR) is 85.7 cm³/mol. The third kappa shape index (κ3) is 7.13. The highest BCUT2D eigenvalue weighted by Gasteiger charge is 2.52. The molecular formula is C15H26O7S. The van der Waals surface area contributed by atoms with Crippen molar-refractivity contribution in [1.29, 1.82) is 0 Å². The lowest BCUT2D eigenvalue weighted by molar-refractivity contribution is -0.151. The maximum Gasteiger partial charge on any atom is 0.330 e. The maximum atomic E-state index is 12.1. The third-order valence-corrected chi connectivity index (χ3v) is 4.97. The summed E-state index contributed by atoms with van der Waals surface area (Å²) in [4.78, 5) is 23.0. The van der Waals surface area contributed by atoms with E-state index in [4.69, 9.17) is 9.84 Å². The lowest BCUT2D eigenvalue weighted by Crippen LogP contribution is -2.48. The van der Waals surface area contributed by atoms with E-state index in [9.17, 15) is 22.6 Å². The first-order chi connectivity index (χ1) is 10.7. The Labute approximate surface area is 137 Å². The molecule has 0 radical (unpaired) electrons. The zero-order valence-electron chi connectivity index (χ0n) is 13.5. The zero-order chi connectivity index (χ0) is 17.9. The van der Waals surface area contributed by atoms with Crippen LogP contribution in [0.2, 0.25) is 0 Å². The van der Waals surface area contributed by atoms with Gasteiger partial charge in [0.05, 0.1) is 13.0 Å². The molecule has 0 aromatic carbocycles. The summed E-state index contributed by atoms with van der Waals surface area (Å²) >= 11 is 0. The Bertz CT molecular complexity index is 498. The molecule has 0 aliphatic rings. The number of ether oxygens (including phenoxy) is 1. The molecule has 134 valence electrons. The summed E-state index contributed by atoms with van der Waals surface area (Å²) in [5.74, 6) is -2.78. The molecule has 0 aromatic rings. The largest absolute Gasteiger partial charge is 0.481 e. The zero-order valence-corrected chi connectivity index (χ0v) is 14.3. The first-order valence-electron chi connectivity index (χ1n) is 7.68. The van der Waals surface area contributed by atoms with Crippen molar-refractivity contribution in [3.8, 4) is 0 Å². The molecule has 0 fully saturated rings. The molecule has 23 heavy (non-hydrogen) atoms. The Hall–Kier alpha value is -1.41. The van der Waals surface area contributed by atoms with Gasteiger partial charge in [0.15, 0.2) is 0 Å². The number of carbonyl (C=O) groups is 2. The molecule has 0 aromatic heterocycles. The topological polar surface area (TPSA) is 118 Å². The fourth-order valence-corrected chi connectivity index (χ4v) is 3.09. The smallest absolute Gasteiger partial charge is 0.330 e. The Morgan fingerprint density at radius 1 is 1.17 bits per heavy atom. The second kappa shape index (κ2) is 10.4. The molecule has 1 atom stereocenters. The highest BCUT2D eigenvalue weighted by molar-refractivity contribution is 7.88. The van der Waals surface area contributed by atoms with Crippen molar-refractivity contribution in [2.75, 3.05) is 6.61 Å². The van der Waals surface area contributed by atoms with Crippen LogP contribution in [0.15, 0.2) is 12.7 Å². The van der Waals surface area contributed by atoms with E-state index in [1.165, 1.54) is 0 Å². The average Bonchev–Trinajstić information content (AvgIpc) is 2.43. The van der Waals surface area contributed by atoms with Gasteiger partial charge in [0.1, 0.15) is 0 Å². The van der Waals surface area contributed by atoms with Crippen LogP contribution < -0.4 is 0 Å². The van der Waals surface area contributed by atoms with Gasteiger partial charge in [-0.2, -0.15) is 8.42 Å². The molecular weight excluding hydrogens is 324 g/mol. The number of esters is 1. The number of aliphatic carboxylic acids is 1. The van der Waals surface area contributed by atoms with Gasteiger partial charge in [-0.1, -0.05) is 45.1 Å². The van der Waals surface area contributed by atoms with Gasteiger partial charge in [-0.05, 0) is 12.8 Å². The van der Waals surface area contributed by atoms with Crippen molar-refractivity contribution in [2.45, 2.75) is 63.0 Å². The van der Waals surface area contributed by atoms with E-state index in [1.807, 2.05) is 0 Å². The molecule has 0 spiro atoms. The van der Waals surface area contributed by atoms with Crippen molar-refractivity contribution in [3.05, 3.63) is 12.7 Å². The summed E-state index contributed by atoms with van der Waals surface area (Å²) in [6.45, 7) is 5.39. The second-order valence-corrected chi connectivity index (χ2v) is 7.17. The van der Waals surface area contributed by atoms with Crippen LogP contribution in [0, 0.1) is 0 Å². The molecule has 7 nitrogen and oxygen atoms in total. The van der Waals surface area contributed by atoms with Gasteiger partial charge in [0.25, 0.3) is 10.1 Å². The Morgan fingerprint density at radius 3 is 2.22 bits per heavy atom. The average molecular weight is 350 g/mol. The van der Waals surface area contributed by atoms with Crippen LogP contribution in [0.4, 0.5) is 0 Å². The lowest BCUT2D eigenvalue weighted by atomic mass is 10.0. The molecule has 8 heteroatoms. The first-order valence-corrected chi connectivity index (χ1v) is 9.12. The van der Waals surface area contributed by atoms with Crippen LogP contribution in [-0.2, 0) is 24.4 Å². The van der Waals surface area contributed by atoms with Gasteiger partial charge in [-0.25, -0.2) is 0 Å². The lowest BCUT2D eigenvalue weighted by Gasteiger charge is -2.25. The Kier molecular flexibility index (Phi) is 9.74. The van der Waals surface area contributed by atoms with E-state index in [0.29, 0.717) is 6.42 Å². The van der Waals surface area contributed by atoms with E-state index in [2.05, 4.69) is 13.5 Å². The summed E-state index contributed by atoms with van der Waals surface area (Å²) < 4.78 is 34.8. The van der Waals surface area contributed by atoms with Crippen LogP contribution in [-0.4, -0.2) is 41.4 Å². The van der Waals surface area contributed by atoms with Gasteiger partial charge in [-0.3, -0.25) is 14.1 Å². The van der Waals surface area contributed by atoms with Crippen LogP contribution in [0.25, 0.3) is 0 Å². The number of hydrogen-bond acceptors (Lipinski definition) is 5. The van der Waals surface area contributed by atoms with Crippen molar-refractivity contribution in [3.63, 3.8) is 0 Å². The minimum absolute atomic E-state index is 0.0149. The molecule has 0 saturated heterocycles. The third-order valence-electron chi connectivity index (χ3n) is 3.51. The standard InChI is InChI=1S/C15H26O7S/c1-3-5-6-7-8-9-11-22-14(18)15(10-4-2,12-13(16)17)23(19,20)21/h4H,2-3,5-12H2,1H3,(H,16,17)(H,19,20,21). The summed E-state index contributed by atoms with van der Waals surface area (Å²) in [6, 6.07) is 0. The quantitative estimate of drug-likeness (QED) is 0.227. The number of carbonyl (C=O) groups excluding carboxylic acids is 1. The Balaban J connectivity index is 4.75. The molecule has 0 rings (SSSR count). The number of hydrogen-bond donors (Lipinski definition) is 2. The van der Waals surface area contributed by atoms with Gasteiger partial charge in [0, 0.05) is 0 Å². The highest BCUT2D eigenvalue weighted by Crippen LogP contribution is 2.28. The predicted octanol–water partition coefficient (Wildman–Crippen LogP) is 2.57. The summed E-state index contributed by atoms with van der Waals surface area (Å²) in [5, 5.41) is 8.86. The summed E-state index contributed by atoms with van der Waals surface area (Å²) in [7, 11) is -4.96. The number of carboxylic acids is 1. The number of allylic oxidation sites excluding steroid dienone is 1. The van der Waals surface area contributed by atoms with E-state index in [0.717, 1.165) is 38.2 Å². The number of carboxylic acid groups (broad SMARTS) is 1. The minimum Gasteiger partial charge on any atom is -0.481 e. The van der Waals surface area contributed by atoms with Crippen LogP contribution in [0.3, 0.4) is 0 Å². The summed E-state index contributed by atoms with van der Waals surface area (Å²) in [6.07, 6.45) is 5.14. The van der Waals surface area contributed by atoms with E-state index >= 15 is 0 Å². The molecule has 2 N–H and O–H groups in total. The second-order valence-electron chi connectivity index (χ2n) is 5.44.